The molecule has 116 valence electrons. The summed E-state index contributed by atoms with van der Waals surface area (Å²) in [5, 5.41) is 0. The Morgan fingerprint density at radius 2 is 1.95 bits per heavy atom. The van der Waals surface area contributed by atoms with Gasteiger partial charge in [-0.2, -0.15) is 0 Å². The molecule has 0 saturated heterocycles. The SMILES string of the molecule is COc1cn(CC(=O)N(C)Cc2ccccc2)c(C)cc1=O. The molecule has 1 aromatic heterocycles. The molecule has 1 aromatic carbocycles. The van der Waals surface area contributed by atoms with Gasteiger partial charge in [0.15, 0.2) is 5.75 Å². The van der Waals surface area contributed by atoms with E-state index in [0.29, 0.717) is 6.54 Å². The fourth-order valence-corrected chi connectivity index (χ4v) is 2.19. The molecule has 1 amide bonds. The van der Waals surface area contributed by atoms with Gasteiger partial charge in [0.05, 0.1) is 13.3 Å². The number of amides is 1. The summed E-state index contributed by atoms with van der Waals surface area (Å²) >= 11 is 0. The molecule has 0 saturated carbocycles. The molecular weight excluding hydrogens is 280 g/mol. The minimum atomic E-state index is -0.179. The van der Waals surface area contributed by atoms with Crippen molar-refractivity contribution in [3.63, 3.8) is 0 Å². The predicted molar refractivity (Wildman–Crippen MR) is 84.9 cm³/mol. The average Bonchev–Trinajstić information content (AvgIpc) is 2.50. The molecule has 0 N–H and O–H groups in total. The molecule has 0 radical (unpaired) electrons. The molecule has 0 spiro atoms. The van der Waals surface area contributed by atoms with Crippen LogP contribution in [0.2, 0.25) is 0 Å². The number of ether oxygens (including phenoxy) is 1. The monoisotopic (exact) mass is 300 g/mol. The average molecular weight is 300 g/mol. The third-order valence-corrected chi connectivity index (χ3v) is 3.52. The summed E-state index contributed by atoms with van der Waals surface area (Å²) in [5.41, 5.74) is 1.63. The number of carbonyl (C=O) groups excluding carboxylic acids is 1. The molecule has 0 fully saturated rings. The highest BCUT2D eigenvalue weighted by Crippen LogP contribution is 2.08. The van der Waals surface area contributed by atoms with Crippen LogP contribution in [0, 0.1) is 6.92 Å². The van der Waals surface area contributed by atoms with Crippen LogP contribution in [-0.2, 0) is 17.9 Å². The molecule has 0 aliphatic carbocycles. The van der Waals surface area contributed by atoms with E-state index in [4.69, 9.17) is 4.74 Å². The van der Waals surface area contributed by atoms with Crippen molar-refractivity contribution in [2.75, 3.05) is 14.2 Å². The normalized spacial score (nSPS) is 10.3. The fraction of sp³-hybridized carbons (Fsp3) is 0.294. The molecule has 5 heteroatoms. The molecule has 5 nitrogen and oxygen atoms in total. The Hall–Kier alpha value is -2.56. The molecule has 0 bridgehead atoms. The maximum absolute atomic E-state index is 12.3. The molecule has 2 aromatic rings. The standard InChI is InChI=1S/C17H20N2O3/c1-13-9-15(20)16(22-3)11-19(13)12-17(21)18(2)10-14-7-5-4-6-8-14/h4-9,11H,10,12H2,1-3H3. The van der Waals surface area contributed by atoms with E-state index in [1.165, 1.54) is 13.2 Å². The number of methoxy groups -OCH3 is 1. The van der Waals surface area contributed by atoms with Gasteiger partial charge in [0.25, 0.3) is 0 Å². The summed E-state index contributed by atoms with van der Waals surface area (Å²) < 4.78 is 6.75. The zero-order valence-electron chi connectivity index (χ0n) is 13.1. The van der Waals surface area contributed by atoms with Crippen LogP contribution in [0.3, 0.4) is 0 Å². The minimum Gasteiger partial charge on any atom is -0.491 e. The smallest absolute Gasteiger partial charge is 0.242 e. The lowest BCUT2D eigenvalue weighted by Gasteiger charge is -2.19. The van der Waals surface area contributed by atoms with Crippen molar-refractivity contribution in [1.82, 2.24) is 9.47 Å². The predicted octanol–water partition coefficient (Wildman–Crippen LogP) is 1.82. The molecule has 2 rings (SSSR count). The van der Waals surface area contributed by atoms with Crippen LogP contribution in [0.1, 0.15) is 11.3 Å². The van der Waals surface area contributed by atoms with Crippen molar-refractivity contribution in [2.45, 2.75) is 20.0 Å². The van der Waals surface area contributed by atoms with Crippen LogP contribution >= 0.6 is 0 Å². The Morgan fingerprint density at radius 1 is 1.27 bits per heavy atom. The van der Waals surface area contributed by atoms with E-state index < -0.39 is 0 Å². The molecule has 0 atom stereocenters. The van der Waals surface area contributed by atoms with Crippen LogP contribution in [-0.4, -0.2) is 29.5 Å². The molecule has 22 heavy (non-hydrogen) atoms. The first-order valence-corrected chi connectivity index (χ1v) is 7.04. The first kappa shape index (κ1) is 15.8. The van der Waals surface area contributed by atoms with Gasteiger partial charge in [-0.05, 0) is 12.5 Å². The minimum absolute atomic E-state index is 0.0299. The van der Waals surface area contributed by atoms with Crippen LogP contribution in [0.4, 0.5) is 0 Å². The molecule has 0 unspecified atom stereocenters. The van der Waals surface area contributed by atoms with Crippen molar-refractivity contribution < 1.29 is 9.53 Å². The third-order valence-electron chi connectivity index (χ3n) is 3.52. The molecule has 0 aliphatic rings. The van der Waals surface area contributed by atoms with Gasteiger partial charge in [-0.3, -0.25) is 9.59 Å². The zero-order valence-corrected chi connectivity index (χ0v) is 13.1. The number of aromatic nitrogens is 1. The topological polar surface area (TPSA) is 51.5 Å². The van der Waals surface area contributed by atoms with Gasteiger partial charge in [0.2, 0.25) is 11.3 Å². The summed E-state index contributed by atoms with van der Waals surface area (Å²) in [6.07, 6.45) is 1.58. The van der Waals surface area contributed by atoms with Crippen molar-refractivity contribution in [2.24, 2.45) is 0 Å². The van der Waals surface area contributed by atoms with Gasteiger partial charge < -0.3 is 14.2 Å². The Bertz CT molecular complexity index is 708. The van der Waals surface area contributed by atoms with E-state index in [0.717, 1.165) is 11.3 Å². The lowest BCUT2D eigenvalue weighted by atomic mass is 10.2. The van der Waals surface area contributed by atoms with Gasteiger partial charge in [-0.1, -0.05) is 30.3 Å². The Labute approximate surface area is 129 Å². The maximum atomic E-state index is 12.3. The maximum Gasteiger partial charge on any atom is 0.242 e. The Kier molecular flexibility index (Phi) is 4.99. The highest BCUT2D eigenvalue weighted by atomic mass is 16.5. The Balaban J connectivity index is 2.10. The lowest BCUT2D eigenvalue weighted by molar-refractivity contribution is -0.131. The van der Waals surface area contributed by atoms with Crippen LogP contribution in [0.25, 0.3) is 0 Å². The largest absolute Gasteiger partial charge is 0.491 e. The number of likely N-dealkylation sites (N-methyl/N-ethyl adjacent to an activating group) is 1. The summed E-state index contributed by atoms with van der Waals surface area (Å²) in [5.74, 6) is 0.210. The summed E-state index contributed by atoms with van der Waals surface area (Å²) in [6.45, 7) is 2.52. The van der Waals surface area contributed by atoms with E-state index in [1.54, 1.807) is 29.6 Å². The number of pyridine rings is 1. The number of hydrogen-bond acceptors (Lipinski definition) is 3. The number of benzene rings is 1. The quantitative estimate of drug-likeness (QED) is 0.846. The molecule has 1 heterocycles. The fourth-order valence-electron chi connectivity index (χ4n) is 2.19. The van der Waals surface area contributed by atoms with E-state index in [2.05, 4.69) is 0 Å². The van der Waals surface area contributed by atoms with Crippen LogP contribution < -0.4 is 10.2 Å². The first-order valence-electron chi connectivity index (χ1n) is 7.04. The number of aryl methyl sites for hydroxylation is 1. The van der Waals surface area contributed by atoms with Crippen molar-refractivity contribution in [3.05, 3.63) is 64.1 Å². The van der Waals surface area contributed by atoms with Gasteiger partial charge in [-0.15, -0.1) is 0 Å². The van der Waals surface area contributed by atoms with Crippen LogP contribution in [0.5, 0.6) is 5.75 Å². The summed E-state index contributed by atoms with van der Waals surface area (Å²) in [6, 6.07) is 11.3. The molecule has 0 aliphatic heterocycles. The van der Waals surface area contributed by atoms with E-state index >= 15 is 0 Å². The van der Waals surface area contributed by atoms with Gasteiger partial charge in [-0.25, -0.2) is 0 Å². The highest BCUT2D eigenvalue weighted by molar-refractivity contribution is 5.75. The number of hydrogen-bond donors (Lipinski definition) is 0. The van der Waals surface area contributed by atoms with Gasteiger partial charge in [0.1, 0.15) is 6.54 Å². The zero-order chi connectivity index (χ0) is 16.1. The van der Waals surface area contributed by atoms with Gasteiger partial charge >= 0.3 is 0 Å². The first-order chi connectivity index (χ1) is 10.5. The van der Waals surface area contributed by atoms with Crippen molar-refractivity contribution in [3.8, 4) is 5.75 Å². The van der Waals surface area contributed by atoms with Crippen LogP contribution in [0.15, 0.2) is 47.4 Å². The van der Waals surface area contributed by atoms with Crippen molar-refractivity contribution >= 4 is 5.91 Å². The third kappa shape index (κ3) is 3.75. The summed E-state index contributed by atoms with van der Waals surface area (Å²) in [7, 11) is 3.21. The summed E-state index contributed by atoms with van der Waals surface area (Å²) in [4.78, 5) is 25.7. The number of nitrogens with zero attached hydrogens (tertiary/aromatic N) is 2. The molecular formula is C17H20N2O3. The Morgan fingerprint density at radius 3 is 2.59 bits per heavy atom. The van der Waals surface area contributed by atoms with Gasteiger partial charge in [0, 0.05) is 25.4 Å². The lowest BCUT2D eigenvalue weighted by Crippen LogP contribution is -2.30. The van der Waals surface area contributed by atoms with E-state index in [-0.39, 0.29) is 23.6 Å². The van der Waals surface area contributed by atoms with Crippen molar-refractivity contribution in [1.29, 1.82) is 0 Å². The second kappa shape index (κ2) is 6.93. The highest BCUT2D eigenvalue weighted by Gasteiger charge is 2.12. The van der Waals surface area contributed by atoms with E-state index in [1.807, 2.05) is 30.3 Å². The number of rotatable bonds is 5. The second-order valence-electron chi connectivity index (χ2n) is 5.21. The second-order valence-corrected chi connectivity index (χ2v) is 5.21. The number of carbonyl (C=O) groups is 1. The van der Waals surface area contributed by atoms with E-state index in [9.17, 15) is 9.59 Å².